The number of rotatable bonds is 12. The third-order valence-corrected chi connectivity index (χ3v) is 8.08. The van der Waals surface area contributed by atoms with Crippen molar-refractivity contribution in [2.75, 3.05) is 33.5 Å². The van der Waals surface area contributed by atoms with Gasteiger partial charge in [-0.15, -0.1) is 0 Å². The van der Waals surface area contributed by atoms with Crippen molar-refractivity contribution < 1.29 is 38.2 Å². The van der Waals surface area contributed by atoms with Gasteiger partial charge < -0.3 is 23.7 Å². The second-order valence-electron chi connectivity index (χ2n) is 9.35. The van der Waals surface area contributed by atoms with Gasteiger partial charge in [-0.05, 0) is 79.0 Å². The van der Waals surface area contributed by atoms with E-state index in [9.17, 15) is 24.5 Å². The Hall–Kier alpha value is -4.50. The molecular formula is C30H30BrN3O10S. The van der Waals surface area contributed by atoms with Crippen LogP contribution in [-0.4, -0.2) is 55.0 Å². The molecule has 1 aliphatic heterocycles. The number of carbonyl (C=O) groups is 2. The lowest BCUT2D eigenvalue weighted by Gasteiger charge is -2.25. The number of hydrogen-bond acceptors (Lipinski definition) is 12. The van der Waals surface area contributed by atoms with Crippen LogP contribution in [0.1, 0.15) is 44.9 Å². The van der Waals surface area contributed by atoms with Crippen LogP contribution in [0.2, 0.25) is 0 Å². The molecule has 13 nitrogen and oxygen atoms in total. The zero-order valence-corrected chi connectivity index (χ0v) is 27.5. The van der Waals surface area contributed by atoms with Crippen molar-refractivity contribution in [3.05, 3.63) is 87.0 Å². The quantitative estimate of drug-likeness (QED) is 0.154. The standard InChI is InChI=1S/C30H30BrN3O10S/c1-6-41-22-14-18(9-10-21(22)44-15-24(35)40-5)26-25(29(37)43-8-3)16(4)32-30-33(26)28(36)23(45-30)13-17-11-19(31)27(42-7-2)20(12-17)34(38)39/h9-14,26H,6-8,15H2,1-5H3/b23-13+/t26-/m0/s1. The highest BCUT2D eigenvalue weighted by Gasteiger charge is 2.34. The van der Waals surface area contributed by atoms with Gasteiger partial charge in [-0.25, -0.2) is 14.6 Å². The predicted octanol–water partition coefficient (Wildman–Crippen LogP) is 3.82. The minimum absolute atomic E-state index is 0.0833. The number of nitro benzene ring substituents is 1. The number of halogens is 1. The van der Waals surface area contributed by atoms with E-state index in [1.165, 1.54) is 23.8 Å². The minimum Gasteiger partial charge on any atom is -0.490 e. The van der Waals surface area contributed by atoms with Gasteiger partial charge in [0.05, 0.1) is 58.2 Å². The van der Waals surface area contributed by atoms with Crippen LogP contribution in [0.25, 0.3) is 6.08 Å². The third-order valence-electron chi connectivity index (χ3n) is 6.50. The van der Waals surface area contributed by atoms with E-state index >= 15 is 0 Å². The molecule has 45 heavy (non-hydrogen) atoms. The Balaban J connectivity index is 1.92. The summed E-state index contributed by atoms with van der Waals surface area (Å²) in [7, 11) is 1.25. The number of aromatic nitrogens is 1. The first-order chi connectivity index (χ1) is 21.5. The number of carbonyl (C=O) groups excluding carboxylic acids is 2. The Bertz CT molecular complexity index is 1860. The minimum atomic E-state index is -0.960. The van der Waals surface area contributed by atoms with Crippen molar-refractivity contribution in [1.82, 2.24) is 4.57 Å². The van der Waals surface area contributed by atoms with Crippen LogP contribution in [0.5, 0.6) is 17.2 Å². The number of hydrogen-bond donors (Lipinski definition) is 0. The molecule has 0 saturated carbocycles. The summed E-state index contributed by atoms with van der Waals surface area (Å²) in [6, 6.07) is 6.84. The molecule has 0 saturated heterocycles. The van der Waals surface area contributed by atoms with Crippen molar-refractivity contribution >= 4 is 51.0 Å². The normalized spacial score (nSPS) is 14.4. The van der Waals surface area contributed by atoms with E-state index in [0.29, 0.717) is 26.1 Å². The van der Waals surface area contributed by atoms with Crippen molar-refractivity contribution in [3.8, 4) is 17.2 Å². The second-order valence-corrected chi connectivity index (χ2v) is 11.2. The van der Waals surface area contributed by atoms with Gasteiger partial charge in [-0.3, -0.25) is 19.5 Å². The number of benzene rings is 2. The maximum atomic E-state index is 14.0. The number of thiazole rings is 1. The lowest BCUT2D eigenvalue weighted by atomic mass is 9.95. The van der Waals surface area contributed by atoms with Gasteiger partial charge >= 0.3 is 17.6 Å². The lowest BCUT2D eigenvalue weighted by molar-refractivity contribution is -0.385. The molecule has 1 aliphatic rings. The Labute approximate surface area is 269 Å². The molecule has 4 rings (SSSR count). The van der Waals surface area contributed by atoms with Gasteiger partial charge in [0.15, 0.2) is 22.9 Å². The maximum Gasteiger partial charge on any atom is 0.343 e. The maximum absolute atomic E-state index is 14.0. The van der Waals surface area contributed by atoms with Crippen LogP contribution in [0.15, 0.2) is 55.9 Å². The highest BCUT2D eigenvalue weighted by Crippen LogP contribution is 2.38. The summed E-state index contributed by atoms with van der Waals surface area (Å²) < 4.78 is 28.8. The Morgan fingerprint density at radius 2 is 1.82 bits per heavy atom. The number of esters is 2. The first-order valence-electron chi connectivity index (χ1n) is 13.8. The summed E-state index contributed by atoms with van der Waals surface area (Å²) in [5.74, 6) is -0.598. The molecule has 0 radical (unpaired) electrons. The topological polar surface area (TPSA) is 158 Å². The monoisotopic (exact) mass is 703 g/mol. The molecular weight excluding hydrogens is 674 g/mol. The van der Waals surface area contributed by atoms with Crippen molar-refractivity contribution in [2.45, 2.75) is 33.7 Å². The fraction of sp³-hybridized carbons (Fsp3) is 0.333. The van der Waals surface area contributed by atoms with Gasteiger partial charge in [0.2, 0.25) is 5.75 Å². The van der Waals surface area contributed by atoms with Gasteiger partial charge in [-0.1, -0.05) is 17.4 Å². The number of methoxy groups -OCH3 is 1. The fourth-order valence-electron chi connectivity index (χ4n) is 4.64. The van der Waals surface area contributed by atoms with Crippen LogP contribution in [0, 0.1) is 10.1 Å². The second kappa shape index (κ2) is 14.5. The largest absolute Gasteiger partial charge is 0.490 e. The zero-order valence-electron chi connectivity index (χ0n) is 25.1. The smallest absolute Gasteiger partial charge is 0.343 e. The number of nitro groups is 1. The predicted molar refractivity (Wildman–Crippen MR) is 167 cm³/mol. The molecule has 3 aromatic rings. The molecule has 1 atom stereocenters. The number of fused-ring (bicyclic) bond motifs is 1. The van der Waals surface area contributed by atoms with Crippen molar-refractivity contribution in [1.29, 1.82) is 0 Å². The molecule has 0 spiro atoms. The highest BCUT2D eigenvalue weighted by atomic mass is 79.9. The molecule has 0 aliphatic carbocycles. The Morgan fingerprint density at radius 3 is 2.47 bits per heavy atom. The number of ether oxygens (including phenoxy) is 5. The summed E-state index contributed by atoms with van der Waals surface area (Å²) >= 11 is 4.41. The number of nitrogens with zero attached hydrogens (tertiary/aromatic N) is 3. The molecule has 0 fully saturated rings. The van der Waals surface area contributed by atoms with E-state index < -0.39 is 28.5 Å². The van der Waals surface area contributed by atoms with E-state index in [-0.39, 0.29) is 59.5 Å². The molecule has 0 bridgehead atoms. The Morgan fingerprint density at radius 1 is 1.09 bits per heavy atom. The van der Waals surface area contributed by atoms with Gasteiger partial charge in [0.1, 0.15) is 0 Å². The average molecular weight is 705 g/mol. The summed E-state index contributed by atoms with van der Waals surface area (Å²) in [5.41, 5.74) is 0.644. The number of allylic oxidation sites excluding steroid dienone is 1. The van der Waals surface area contributed by atoms with Crippen molar-refractivity contribution in [3.63, 3.8) is 0 Å². The first kappa shape index (κ1) is 33.4. The highest BCUT2D eigenvalue weighted by molar-refractivity contribution is 9.10. The van der Waals surface area contributed by atoms with Crippen LogP contribution < -0.4 is 29.1 Å². The molecule has 1 aromatic heterocycles. The summed E-state index contributed by atoms with van der Waals surface area (Å²) in [4.78, 5) is 55.1. The van der Waals surface area contributed by atoms with E-state index in [1.807, 2.05) is 0 Å². The molecule has 0 unspecified atom stereocenters. The summed E-state index contributed by atoms with van der Waals surface area (Å²) in [5, 5.41) is 11.8. The van der Waals surface area contributed by atoms with E-state index in [1.54, 1.807) is 52.0 Å². The van der Waals surface area contributed by atoms with Gasteiger partial charge in [-0.2, -0.15) is 0 Å². The SMILES string of the molecule is CCOC(=O)C1=C(C)N=c2s/c(=C/c3cc(Br)c(OCC)c([N+](=O)[O-])c3)c(=O)n2[C@H]1c1ccc(OCC(=O)OC)c(OCC)c1. The van der Waals surface area contributed by atoms with Crippen molar-refractivity contribution in [2.24, 2.45) is 4.99 Å². The fourth-order valence-corrected chi connectivity index (χ4v) is 6.27. The summed E-state index contributed by atoms with van der Waals surface area (Å²) in [6.07, 6.45) is 1.52. The molecule has 2 aromatic carbocycles. The van der Waals surface area contributed by atoms with Crippen LogP contribution in [-0.2, 0) is 19.1 Å². The first-order valence-corrected chi connectivity index (χ1v) is 15.4. The van der Waals surface area contributed by atoms with Crippen LogP contribution in [0.3, 0.4) is 0 Å². The van der Waals surface area contributed by atoms with Crippen LogP contribution in [0.4, 0.5) is 5.69 Å². The molecule has 2 heterocycles. The molecule has 15 heteroatoms. The molecule has 0 N–H and O–H groups in total. The van der Waals surface area contributed by atoms with E-state index in [0.717, 1.165) is 11.3 Å². The van der Waals surface area contributed by atoms with E-state index in [2.05, 4.69) is 25.7 Å². The third kappa shape index (κ3) is 7.09. The average Bonchev–Trinajstić information content (AvgIpc) is 3.30. The molecule has 0 amide bonds. The van der Waals surface area contributed by atoms with Gasteiger partial charge in [0.25, 0.3) is 5.56 Å². The lowest BCUT2D eigenvalue weighted by Crippen LogP contribution is -2.40. The van der Waals surface area contributed by atoms with Crippen LogP contribution >= 0.6 is 27.3 Å². The Kier molecular flexibility index (Phi) is 10.8. The zero-order chi connectivity index (χ0) is 32.8. The van der Waals surface area contributed by atoms with Gasteiger partial charge in [0, 0.05) is 6.07 Å². The summed E-state index contributed by atoms with van der Waals surface area (Å²) in [6.45, 7) is 7.06. The molecule has 238 valence electrons. The van der Waals surface area contributed by atoms with E-state index in [4.69, 9.17) is 18.9 Å².